The number of rotatable bonds is 3. The first-order chi connectivity index (χ1) is 10.1. The number of hydrogen-bond acceptors (Lipinski definition) is 3. The number of hydrogen-bond donors (Lipinski definition) is 2. The average Bonchev–Trinajstić information content (AvgIpc) is 2.49. The summed E-state index contributed by atoms with van der Waals surface area (Å²) >= 11 is 0. The molecule has 1 aromatic heterocycles. The summed E-state index contributed by atoms with van der Waals surface area (Å²) in [5, 5.41) is 10.9. The summed E-state index contributed by atoms with van der Waals surface area (Å²) in [5.41, 5.74) is 7.69. The van der Waals surface area contributed by atoms with Gasteiger partial charge in [-0.2, -0.15) is 0 Å². The molecule has 0 aliphatic carbocycles. The van der Waals surface area contributed by atoms with Crippen molar-refractivity contribution in [1.29, 1.82) is 0 Å². The summed E-state index contributed by atoms with van der Waals surface area (Å²) in [5.74, 6) is -0.820. The Morgan fingerprint density at radius 2 is 1.76 bits per heavy atom. The molecule has 0 spiro atoms. The van der Waals surface area contributed by atoms with Crippen molar-refractivity contribution in [2.45, 2.75) is 6.42 Å². The number of primary amides is 1. The highest BCUT2D eigenvalue weighted by Crippen LogP contribution is 2.27. The first-order valence-electron chi connectivity index (χ1n) is 6.60. The standard InChI is InChI=1S/C17H14N2O2/c18-17(21)14-9-7-12-6-8-13(19-15(12)16(14)20)10-11-4-2-1-3-5-11/h1-9,20H,10H2,(H2,18,21). The molecule has 3 N–H and O–H groups in total. The third kappa shape index (κ3) is 2.56. The van der Waals surface area contributed by atoms with E-state index >= 15 is 0 Å². The van der Waals surface area contributed by atoms with Gasteiger partial charge in [-0.05, 0) is 17.7 Å². The Hall–Kier alpha value is -2.88. The minimum absolute atomic E-state index is 0.0897. The van der Waals surface area contributed by atoms with Crippen molar-refractivity contribution in [2.24, 2.45) is 5.73 Å². The predicted octanol–water partition coefficient (Wildman–Crippen LogP) is 2.63. The van der Waals surface area contributed by atoms with Crippen molar-refractivity contribution in [3.63, 3.8) is 0 Å². The van der Waals surface area contributed by atoms with Crippen molar-refractivity contribution >= 4 is 16.8 Å². The molecule has 0 unspecified atom stereocenters. The van der Waals surface area contributed by atoms with Crippen LogP contribution in [-0.2, 0) is 6.42 Å². The number of amides is 1. The minimum atomic E-state index is -0.662. The fraction of sp³-hybridized carbons (Fsp3) is 0.0588. The second-order valence-corrected chi connectivity index (χ2v) is 4.86. The molecule has 0 fully saturated rings. The maximum atomic E-state index is 11.3. The Morgan fingerprint density at radius 1 is 1.05 bits per heavy atom. The lowest BCUT2D eigenvalue weighted by atomic mass is 10.1. The van der Waals surface area contributed by atoms with Gasteiger partial charge in [0.25, 0.3) is 5.91 Å². The van der Waals surface area contributed by atoms with Crippen LogP contribution >= 0.6 is 0 Å². The van der Waals surface area contributed by atoms with Gasteiger partial charge in [-0.3, -0.25) is 4.79 Å². The number of pyridine rings is 1. The summed E-state index contributed by atoms with van der Waals surface area (Å²) in [6.45, 7) is 0. The molecule has 104 valence electrons. The molecule has 0 saturated heterocycles. The van der Waals surface area contributed by atoms with Gasteiger partial charge in [0.1, 0.15) is 5.52 Å². The fourth-order valence-electron chi connectivity index (χ4n) is 2.32. The molecule has 3 aromatic rings. The summed E-state index contributed by atoms with van der Waals surface area (Å²) in [7, 11) is 0. The Balaban J connectivity index is 2.06. The number of carbonyl (C=O) groups excluding carboxylic acids is 1. The molecule has 4 heteroatoms. The second kappa shape index (κ2) is 5.25. The number of aromatic nitrogens is 1. The van der Waals surface area contributed by atoms with Gasteiger partial charge in [0.05, 0.1) is 5.56 Å². The Labute approximate surface area is 121 Å². The fourth-order valence-corrected chi connectivity index (χ4v) is 2.32. The summed E-state index contributed by atoms with van der Waals surface area (Å²) in [4.78, 5) is 15.7. The molecule has 1 amide bonds. The van der Waals surface area contributed by atoms with Gasteiger partial charge in [0, 0.05) is 17.5 Å². The van der Waals surface area contributed by atoms with Crippen LogP contribution < -0.4 is 5.73 Å². The van der Waals surface area contributed by atoms with Crippen molar-refractivity contribution in [3.8, 4) is 5.75 Å². The molecule has 0 radical (unpaired) electrons. The Kier molecular flexibility index (Phi) is 3.28. The van der Waals surface area contributed by atoms with Crippen LogP contribution in [0.1, 0.15) is 21.6 Å². The third-order valence-corrected chi connectivity index (χ3v) is 3.39. The van der Waals surface area contributed by atoms with E-state index < -0.39 is 5.91 Å². The third-order valence-electron chi connectivity index (χ3n) is 3.39. The van der Waals surface area contributed by atoms with Gasteiger partial charge in [0.2, 0.25) is 0 Å². The molecule has 21 heavy (non-hydrogen) atoms. The summed E-state index contributed by atoms with van der Waals surface area (Å²) < 4.78 is 0. The van der Waals surface area contributed by atoms with Gasteiger partial charge in [-0.15, -0.1) is 0 Å². The number of fused-ring (bicyclic) bond motifs is 1. The zero-order valence-electron chi connectivity index (χ0n) is 11.3. The molecule has 0 aliphatic heterocycles. The van der Waals surface area contributed by atoms with E-state index in [0.717, 1.165) is 16.6 Å². The van der Waals surface area contributed by atoms with Crippen molar-refractivity contribution in [3.05, 3.63) is 71.4 Å². The molecule has 0 bridgehead atoms. The van der Waals surface area contributed by atoms with Crippen LogP contribution in [0, 0.1) is 0 Å². The highest BCUT2D eigenvalue weighted by molar-refractivity contribution is 6.01. The van der Waals surface area contributed by atoms with Crippen LogP contribution in [0.2, 0.25) is 0 Å². The first kappa shape index (κ1) is 13.1. The molecular formula is C17H14N2O2. The average molecular weight is 278 g/mol. The normalized spacial score (nSPS) is 10.7. The minimum Gasteiger partial charge on any atom is -0.505 e. The maximum absolute atomic E-state index is 11.3. The topological polar surface area (TPSA) is 76.2 Å². The zero-order chi connectivity index (χ0) is 14.8. The van der Waals surface area contributed by atoms with Crippen LogP contribution in [0.3, 0.4) is 0 Å². The molecular weight excluding hydrogens is 264 g/mol. The number of aromatic hydroxyl groups is 1. The van der Waals surface area contributed by atoms with E-state index in [0.29, 0.717) is 11.9 Å². The highest BCUT2D eigenvalue weighted by atomic mass is 16.3. The molecule has 4 nitrogen and oxygen atoms in total. The smallest absolute Gasteiger partial charge is 0.252 e. The molecule has 3 rings (SSSR count). The Bertz CT molecular complexity index is 814. The zero-order valence-corrected chi connectivity index (χ0v) is 11.3. The monoisotopic (exact) mass is 278 g/mol. The molecule has 2 aromatic carbocycles. The lowest BCUT2D eigenvalue weighted by molar-refractivity contribution is 0.0998. The summed E-state index contributed by atoms with van der Waals surface area (Å²) in [6.07, 6.45) is 0.664. The molecule has 0 aliphatic rings. The number of phenols is 1. The van der Waals surface area contributed by atoms with Gasteiger partial charge in [-0.25, -0.2) is 4.98 Å². The van der Waals surface area contributed by atoms with E-state index in [1.54, 1.807) is 6.07 Å². The second-order valence-electron chi connectivity index (χ2n) is 4.86. The highest BCUT2D eigenvalue weighted by Gasteiger charge is 2.12. The van der Waals surface area contributed by atoms with Crippen molar-refractivity contribution < 1.29 is 9.90 Å². The van der Waals surface area contributed by atoms with E-state index in [1.807, 2.05) is 42.5 Å². The van der Waals surface area contributed by atoms with Crippen molar-refractivity contribution in [1.82, 2.24) is 4.98 Å². The molecule has 0 atom stereocenters. The first-order valence-corrected chi connectivity index (χ1v) is 6.60. The lowest BCUT2D eigenvalue weighted by Gasteiger charge is -2.07. The number of benzene rings is 2. The molecule has 0 saturated carbocycles. The number of carbonyl (C=O) groups is 1. The maximum Gasteiger partial charge on any atom is 0.252 e. The van der Waals surface area contributed by atoms with Crippen LogP contribution in [0.25, 0.3) is 10.9 Å². The van der Waals surface area contributed by atoms with E-state index in [4.69, 9.17) is 5.73 Å². The Morgan fingerprint density at radius 3 is 2.48 bits per heavy atom. The number of nitrogens with zero attached hydrogens (tertiary/aromatic N) is 1. The van der Waals surface area contributed by atoms with Crippen LogP contribution in [-0.4, -0.2) is 16.0 Å². The van der Waals surface area contributed by atoms with E-state index in [-0.39, 0.29) is 11.3 Å². The largest absolute Gasteiger partial charge is 0.505 e. The van der Waals surface area contributed by atoms with E-state index in [1.165, 1.54) is 6.07 Å². The summed E-state index contributed by atoms with van der Waals surface area (Å²) in [6, 6.07) is 17.0. The van der Waals surface area contributed by atoms with Gasteiger partial charge >= 0.3 is 0 Å². The van der Waals surface area contributed by atoms with Gasteiger partial charge in [-0.1, -0.05) is 42.5 Å². The van der Waals surface area contributed by atoms with Crippen molar-refractivity contribution in [2.75, 3.05) is 0 Å². The predicted molar refractivity (Wildman–Crippen MR) is 81.2 cm³/mol. The van der Waals surface area contributed by atoms with Crippen LogP contribution in [0.4, 0.5) is 0 Å². The van der Waals surface area contributed by atoms with Gasteiger partial charge in [0.15, 0.2) is 5.75 Å². The lowest BCUT2D eigenvalue weighted by Crippen LogP contribution is -2.11. The van der Waals surface area contributed by atoms with E-state index in [2.05, 4.69) is 4.98 Å². The SMILES string of the molecule is NC(=O)c1ccc2ccc(Cc3ccccc3)nc2c1O. The van der Waals surface area contributed by atoms with E-state index in [9.17, 15) is 9.90 Å². The van der Waals surface area contributed by atoms with Crippen LogP contribution in [0.5, 0.6) is 5.75 Å². The van der Waals surface area contributed by atoms with Gasteiger partial charge < -0.3 is 10.8 Å². The quantitative estimate of drug-likeness (QED) is 0.773. The number of nitrogens with two attached hydrogens (primary N) is 1. The van der Waals surface area contributed by atoms with Crippen LogP contribution in [0.15, 0.2) is 54.6 Å². The molecule has 1 heterocycles.